The Balaban J connectivity index is 1.63. The van der Waals surface area contributed by atoms with Gasteiger partial charge in [0.05, 0.1) is 11.9 Å². The zero-order chi connectivity index (χ0) is 39.2. The van der Waals surface area contributed by atoms with E-state index in [4.69, 9.17) is 14.2 Å². The predicted molar refractivity (Wildman–Crippen MR) is 202 cm³/mol. The second-order valence-electron chi connectivity index (χ2n) is 14.9. The van der Waals surface area contributed by atoms with E-state index in [0.29, 0.717) is 49.4 Å². The third-order valence-corrected chi connectivity index (χ3v) is 8.77. The summed E-state index contributed by atoms with van der Waals surface area (Å²) in [7, 11) is 0. The number of Topliss-reactive ketones (excluding diaryl/α,β-unsaturated/α-hetero) is 1. The predicted octanol–water partition coefficient (Wildman–Crippen LogP) is 5.19. The molecule has 0 aliphatic carbocycles. The van der Waals surface area contributed by atoms with E-state index in [1.807, 2.05) is 30.3 Å². The number of hydrogen-bond acceptors (Lipinski definition) is 10. The van der Waals surface area contributed by atoms with Crippen molar-refractivity contribution in [3.8, 4) is 0 Å². The van der Waals surface area contributed by atoms with Gasteiger partial charge in [-0.15, -0.1) is 11.8 Å². The quantitative estimate of drug-likeness (QED) is 0.118. The number of amides is 4. The van der Waals surface area contributed by atoms with Crippen molar-refractivity contribution in [2.24, 2.45) is 0 Å². The molecule has 0 bridgehead atoms. The lowest BCUT2D eigenvalue weighted by atomic mass is 9.94. The summed E-state index contributed by atoms with van der Waals surface area (Å²) < 4.78 is 16.3. The van der Waals surface area contributed by atoms with Gasteiger partial charge in [0, 0.05) is 37.8 Å². The largest absolute Gasteiger partial charge is 0.452 e. The maximum Gasteiger partial charge on any atom is 0.408 e. The normalized spacial score (nSPS) is 14.7. The molecule has 1 aliphatic rings. The summed E-state index contributed by atoms with van der Waals surface area (Å²) in [5.41, 5.74) is 0.160. The van der Waals surface area contributed by atoms with Crippen LogP contribution in [0.25, 0.3) is 0 Å². The number of nitrogens with zero attached hydrogens (tertiary/aromatic N) is 1. The number of hydrogen-bond donors (Lipinski definition) is 3. The average Bonchev–Trinajstić information content (AvgIpc) is 3.60. The number of carbonyl (C=O) groups excluding carboxylic acids is 6. The van der Waals surface area contributed by atoms with E-state index in [9.17, 15) is 28.8 Å². The van der Waals surface area contributed by atoms with Gasteiger partial charge in [-0.2, -0.15) is 0 Å². The second kappa shape index (κ2) is 20.0. The third-order valence-electron chi connectivity index (χ3n) is 7.80. The molecule has 2 aromatic rings. The number of ether oxygens (including phenoxy) is 3. The first-order chi connectivity index (χ1) is 24.9. The molecular weight excluding hydrogens is 701 g/mol. The van der Waals surface area contributed by atoms with E-state index >= 15 is 0 Å². The van der Waals surface area contributed by atoms with Gasteiger partial charge in [-0.1, -0.05) is 42.5 Å². The van der Waals surface area contributed by atoms with Crippen molar-refractivity contribution < 1.29 is 43.0 Å². The lowest BCUT2D eigenvalue weighted by Gasteiger charge is -2.28. The Hall–Kier alpha value is -4.59. The van der Waals surface area contributed by atoms with Crippen LogP contribution in [0.4, 0.5) is 9.59 Å². The molecular formula is C39H54N4O9S. The molecule has 0 aromatic heterocycles. The highest BCUT2D eigenvalue weighted by atomic mass is 32.2. The van der Waals surface area contributed by atoms with Gasteiger partial charge in [-0.3, -0.25) is 19.2 Å². The zero-order valence-corrected chi connectivity index (χ0v) is 32.6. The van der Waals surface area contributed by atoms with Gasteiger partial charge in [0.1, 0.15) is 17.2 Å². The van der Waals surface area contributed by atoms with E-state index in [1.165, 1.54) is 6.92 Å². The van der Waals surface area contributed by atoms with Crippen LogP contribution in [-0.4, -0.2) is 94.8 Å². The molecule has 3 N–H and O–H groups in total. The Labute approximate surface area is 316 Å². The summed E-state index contributed by atoms with van der Waals surface area (Å²) in [5.74, 6) is -0.234. The topological polar surface area (TPSA) is 169 Å². The molecule has 3 rings (SSSR count). The van der Waals surface area contributed by atoms with E-state index < -0.39 is 53.3 Å². The highest BCUT2D eigenvalue weighted by Crippen LogP contribution is 2.18. The molecule has 0 radical (unpaired) electrons. The van der Waals surface area contributed by atoms with Crippen LogP contribution >= 0.6 is 11.8 Å². The first-order valence-corrected chi connectivity index (χ1v) is 19.0. The van der Waals surface area contributed by atoms with Gasteiger partial charge in [0.25, 0.3) is 5.91 Å². The molecule has 1 heterocycles. The fourth-order valence-corrected chi connectivity index (χ4v) is 6.48. The van der Waals surface area contributed by atoms with Gasteiger partial charge < -0.3 is 35.1 Å². The summed E-state index contributed by atoms with van der Waals surface area (Å²) >= 11 is 1.66. The number of nitrogens with one attached hydrogen (secondary N) is 3. The molecule has 290 valence electrons. The summed E-state index contributed by atoms with van der Waals surface area (Å²) in [6, 6.07) is 14.1. The van der Waals surface area contributed by atoms with Crippen LogP contribution in [0.2, 0.25) is 0 Å². The Bertz CT molecular complexity index is 1570. The molecule has 0 spiro atoms. The number of thioether (sulfide) groups is 1. The summed E-state index contributed by atoms with van der Waals surface area (Å²) in [4.78, 5) is 79.2. The van der Waals surface area contributed by atoms with Crippen molar-refractivity contribution in [2.75, 3.05) is 24.7 Å². The van der Waals surface area contributed by atoms with Crippen molar-refractivity contribution in [1.29, 1.82) is 0 Å². The molecule has 1 aliphatic heterocycles. The molecule has 1 saturated heterocycles. The van der Waals surface area contributed by atoms with Crippen LogP contribution in [0.5, 0.6) is 0 Å². The lowest BCUT2D eigenvalue weighted by Crippen LogP contribution is -2.51. The molecule has 14 heteroatoms. The van der Waals surface area contributed by atoms with Crippen molar-refractivity contribution in [3.63, 3.8) is 0 Å². The summed E-state index contributed by atoms with van der Waals surface area (Å²) in [6.07, 6.45) is -1.23. The number of benzene rings is 2. The maximum absolute atomic E-state index is 13.8. The maximum atomic E-state index is 13.8. The zero-order valence-electron chi connectivity index (χ0n) is 31.8. The summed E-state index contributed by atoms with van der Waals surface area (Å²) in [6.45, 7) is 12.6. The molecule has 13 nitrogen and oxygen atoms in total. The minimum Gasteiger partial charge on any atom is -0.452 e. The monoisotopic (exact) mass is 754 g/mol. The van der Waals surface area contributed by atoms with Gasteiger partial charge in [-0.05, 0) is 90.5 Å². The second-order valence-corrected chi connectivity index (χ2v) is 16.0. The van der Waals surface area contributed by atoms with Crippen molar-refractivity contribution in [2.45, 2.75) is 110 Å². The van der Waals surface area contributed by atoms with Crippen molar-refractivity contribution in [1.82, 2.24) is 20.9 Å². The van der Waals surface area contributed by atoms with E-state index in [2.05, 4.69) is 16.0 Å². The van der Waals surface area contributed by atoms with Gasteiger partial charge in [0.2, 0.25) is 5.91 Å². The third kappa shape index (κ3) is 15.9. The average molecular weight is 755 g/mol. The number of unbranched alkanes of at least 4 members (excludes halogenated alkanes) is 1. The Morgan fingerprint density at radius 3 is 2.08 bits per heavy atom. The first-order valence-electron chi connectivity index (χ1n) is 17.9. The van der Waals surface area contributed by atoms with Crippen LogP contribution < -0.4 is 16.0 Å². The Morgan fingerprint density at radius 2 is 1.47 bits per heavy atom. The van der Waals surface area contributed by atoms with E-state index in [1.54, 1.807) is 82.5 Å². The highest BCUT2D eigenvalue weighted by Gasteiger charge is 2.34. The number of esters is 1. The Kier molecular flexibility index (Phi) is 16.2. The molecule has 4 amide bonds. The smallest absolute Gasteiger partial charge is 0.408 e. The summed E-state index contributed by atoms with van der Waals surface area (Å²) in [5, 5.41) is 8.33. The van der Waals surface area contributed by atoms with Gasteiger partial charge in [-0.25, -0.2) is 9.59 Å². The van der Waals surface area contributed by atoms with Gasteiger partial charge in [0.15, 0.2) is 11.9 Å². The molecule has 1 fully saturated rings. The first kappa shape index (κ1) is 42.8. The van der Waals surface area contributed by atoms with Crippen LogP contribution in [0, 0.1) is 0 Å². The number of ketones is 1. The van der Waals surface area contributed by atoms with Crippen LogP contribution in [0.15, 0.2) is 54.6 Å². The van der Waals surface area contributed by atoms with Gasteiger partial charge >= 0.3 is 18.2 Å². The molecule has 53 heavy (non-hydrogen) atoms. The fraction of sp³-hybridized carbons (Fsp3) is 0.538. The molecule has 2 aromatic carbocycles. The minimum absolute atomic E-state index is 0.154. The molecule has 0 saturated carbocycles. The highest BCUT2D eigenvalue weighted by molar-refractivity contribution is 7.99. The number of rotatable bonds is 16. The SMILES string of the molecule is CC(=O)O[C@H](C(=O)Cc1cccc(C(=O)NCCCC[C@H](NC(=O)OC(C)(C)C)C(=O)N2CCSC2)c1)[C@@H](Cc1ccccc1)NC(=O)OC(C)(C)C. The van der Waals surface area contributed by atoms with Crippen LogP contribution in [0.3, 0.4) is 0 Å². The molecule has 3 atom stereocenters. The van der Waals surface area contributed by atoms with Crippen molar-refractivity contribution >= 4 is 47.5 Å². The van der Waals surface area contributed by atoms with Crippen LogP contribution in [-0.2, 0) is 41.4 Å². The fourth-order valence-electron chi connectivity index (χ4n) is 5.53. The lowest BCUT2D eigenvalue weighted by molar-refractivity contribution is -0.154. The van der Waals surface area contributed by atoms with Crippen molar-refractivity contribution in [3.05, 3.63) is 71.3 Å². The standard InChI is InChI=1S/C39H54N4O9S/c1-26(44)50-33(31(23-27-14-9-8-10-15-27)42-37(49)52-39(5,6)7)32(45)24-28-16-13-17-29(22-28)34(46)40-19-12-11-18-30(35(47)43-20-21-53-25-43)41-36(48)51-38(2,3)4/h8-10,13-17,22,30-31,33H,11-12,18-21,23-25H2,1-7H3,(H,40,46)(H,41,48)(H,42,49)/t30-,31+,33-/m0/s1. The van der Waals surface area contributed by atoms with Crippen LogP contribution in [0.1, 0.15) is 89.2 Å². The number of carbonyl (C=O) groups is 6. The van der Waals surface area contributed by atoms with E-state index in [0.717, 1.165) is 11.3 Å². The minimum atomic E-state index is -1.33. The Morgan fingerprint density at radius 1 is 0.830 bits per heavy atom. The molecule has 0 unspecified atom stereocenters. The van der Waals surface area contributed by atoms with E-state index in [-0.39, 0.29) is 24.7 Å². The number of alkyl carbamates (subject to hydrolysis) is 2.